The van der Waals surface area contributed by atoms with Crippen LogP contribution in [0.5, 0.6) is 5.75 Å². The minimum Gasteiger partial charge on any atom is -0.506 e. The highest BCUT2D eigenvalue weighted by Gasteiger charge is 2.40. The summed E-state index contributed by atoms with van der Waals surface area (Å²) in [5, 5.41) is 19.4. The van der Waals surface area contributed by atoms with Gasteiger partial charge in [-0.1, -0.05) is 0 Å². The van der Waals surface area contributed by atoms with E-state index >= 15 is 0 Å². The van der Waals surface area contributed by atoms with E-state index in [1.165, 1.54) is 4.90 Å². The van der Waals surface area contributed by atoms with Gasteiger partial charge in [0.15, 0.2) is 0 Å². The van der Waals surface area contributed by atoms with Crippen molar-refractivity contribution in [3.05, 3.63) is 24.8 Å². The first-order valence-corrected chi connectivity index (χ1v) is 8.61. The molecule has 5 nitrogen and oxygen atoms in total. The highest BCUT2D eigenvalue weighted by atomic mass is 127. The standard InChI is InChI=1S/C14H15I2NO4/c1-14(13(20)21)3-2-4-17(7-14)12(19)9-5-8(15)6-10(16)11(9)18/h5-6,18H,2-4,7H2,1H3,(H,20,21). The van der Waals surface area contributed by atoms with Gasteiger partial charge in [-0.3, -0.25) is 9.59 Å². The van der Waals surface area contributed by atoms with Crippen LogP contribution in [0.3, 0.4) is 0 Å². The maximum atomic E-state index is 12.6. The van der Waals surface area contributed by atoms with E-state index in [9.17, 15) is 19.8 Å². The van der Waals surface area contributed by atoms with E-state index in [4.69, 9.17) is 0 Å². The molecule has 1 atom stereocenters. The molecule has 114 valence electrons. The number of nitrogens with zero attached hydrogens (tertiary/aromatic N) is 1. The number of benzene rings is 1. The first kappa shape index (κ1) is 16.8. The number of hydrogen-bond donors (Lipinski definition) is 2. The zero-order chi connectivity index (χ0) is 15.8. The second kappa shape index (κ2) is 6.27. The summed E-state index contributed by atoms with van der Waals surface area (Å²) in [4.78, 5) is 25.5. The number of aliphatic carboxylic acids is 1. The number of carbonyl (C=O) groups is 2. The number of aromatic hydroxyl groups is 1. The van der Waals surface area contributed by atoms with E-state index in [-0.39, 0.29) is 23.8 Å². The van der Waals surface area contributed by atoms with E-state index < -0.39 is 11.4 Å². The molecular weight excluding hydrogens is 500 g/mol. The highest BCUT2D eigenvalue weighted by Crippen LogP contribution is 2.33. The summed E-state index contributed by atoms with van der Waals surface area (Å²) in [6.45, 7) is 2.35. The largest absolute Gasteiger partial charge is 0.506 e. The summed E-state index contributed by atoms with van der Waals surface area (Å²) in [6, 6.07) is 3.41. The van der Waals surface area contributed by atoms with Gasteiger partial charge in [-0.05, 0) is 77.1 Å². The SMILES string of the molecule is CC1(C(=O)O)CCCN(C(=O)c2cc(I)cc(I)c2O)C1. The first-order chi connectivity index (χ1) is 9.74. The van der Waals surface area contributed by atoms with Crippen LogP contribution in [0.15, 0.2) is 12.1 Å². The van der Waals surface area contributed by atoms with Crippen molar-refractivity contribution < 1.29 is 19.8 Å². The van der Waals surface area contributed by atoms with E-state index in [1.807, 2.05) is 22.6 Å². The maximum absolute atomic E-state index is 12.6. The molecule has 2 rings (SSSR count). The topological polar surface area (TPSA) is 77.8 Å². The molecule has 21 heavy (non-hydrogen) atoms. The van der Waals surface area contributed by atoms with Crippen LogP contribution in [0.25, 0.3) is 0 Å². The van der Waals surface area contributed by atoms with Crippen LogP contribution in [0, 0.1) is 12.6 Å². The fourth-order valence-corrected chi connectivity index (χ4v) is 4.33. The maximum Gasteiger partial charge on any atom is 0.311 e. The molecule has 0 aromatic heterocycles. The van der Waals surface area contributed by atoms with Gasteiger partial charge in [0, 0.05) is 16.7 Å². The van der Waals surface area contributed by atoms with Gasteiger partial charge in [0.1, 0.15) is 5.75 Å². The van der Waals surface area contributed by atoms with E-state index in [1.54, 1.807) is 19.1 Å². The normalized spacial score (nSPS) is 22.1. The summed E-state index contributed by atoms with van der Waals surface area (Å²) in [7, 11) is 0. The zero-order valence-electron chi connectivity index (χ0n) is 11.4. The molecule has 0 aliphatic carbocycles. The zero-order valence-corrected chi connectivity index (χ0v) is 15.7. The second-order valence-electron chi connectivity index (χ2n) is 5.48. The van der Waals surface area contributed by atoms with E-state index in [0.717, 1.165) is 3.57 Å². The molecule has 2 N–H and O–H groups in total. The van der Waals surface area contributed by atoms with Crippen LogP contribution in [0.2, 0.25) is 0 Å². The number of phenols is 1. The minimum absolute atomic E-state index is 0.0383. The second-order valence-corrected chi connectivity index (χ2v) is 7.89. The van der Waals surface area contributed by atoms with Crippen LogP contribution in [0.1, 0.15) is 30.1 Å². The van der Waals surface area contributed by atoms with Crippen molar-refractivity contribution in [1.82, 2.24) is 4.90 Å². The third-order valence-electron chi connectivity index (χ3n) is 3.76. The Morgan fingerprint density at radius 1 is 1.33 bits per heavy atom. The molecule has 7 heteroatoms. The summed E-state index contributed by atoms with van der Waals surface area (Å²) in [5.74, 6) is -1.24. The molecule has 1 unspecified atom stereocenters. The Morgan fingerprint density at radius 2 is 2.00 bits per heavy atom. The Hall–Kier alpha value is -0.580. The van der Waals surface area contributed by atoms with Crippen molar-refractivity contribution in [2.45, 2.75) is 19.8 Å². The molecule has 1 aliphatic heterocycles. The lowest BCUT2D eigenvalue weighted by Gasteiger charge is -2.37. The van der Waals surface area contributed by atoms with Crippen LogP contribution in [0.4, 0.5) is 0 Å². The lowest BCUT2D eigenvalue weighted by molar-refractivity contribution is -0.150. The third kappa shape index (κ3) is 3.43. The van der Waals surface area contributed by atoms with Crippen LogP contribution >= 0.6 is 45.2 Å². The van der Waals surface area contributed by atoms with E-state index in [0.29, 0.717) is 23.0 Å². The molecular formula is C14H15I2NO4. The molecule has 1 saturated heterocycles. The van der Waals surface area contributed by atoms with Crippen molar-refractivity contribution in [2.75, 3.05) is 13.1 Å². The summed E-state index contributed by atoms with van der Waals surface area (Å²) >= 11 is 4.07. The molecule has 0 saturated carbocycles. The number of likely N-dealkylation sites (tertiary alicyclic amines) is 1. The number of carboxylic acid groups (broad SMARTS) is 1. The fraction of sp³-hybridized carbons (Fsp3) is 0.429. The average molecular weight is 515 g/mol. The molecule has 0 radical (unpaired) electrons. The van der Waals surface area contributed by atoms with Gasteiger partial charge in [-0.15, -0.1) is 0 Å². The number of rotatable bonds is 2. The Kier molecular flexibility index (Phi) is 5.01. The molecule has 1 heterocycles. The molecule has 1 fully saturated rings. The van der Waals surface area contributed by atoms with Crippen LogP contribution in [-0.4, -0.2) is 40.1 Å². The Bertz CT molecular complexity index is 605. The number of hydrogen-bond acceptors (Lipinski definition) is 3. The Labute approximate surface area is 150 Å². The Morgan fingerprint density at radius 3 is 2.62 bits per heavy atom. The van der Waals surface area contributed by atoms with Gasteiger partial charge >= 0.3 is 5.97 Å². The highest BCUT2D eigenvalue weighted by molar-refractivity contribution is 14.1. The molecule has 1 aromatic carbocycles. The van der Waals surface area contributed by atoms with Crippen molar-refractivity contribution in [3.63, 3.8) is 0 Å². The number of amides is 1. The lowest BCUT2D eigenvalue weighted by Crippen LogP contribution is -2.48. The van der Waals surface area contributed by atoms with Crippen molar-refractivity contribution in [1.29, 1.82) is 0 Å². The van der Waals surface area contributed by atoms with Crippen LogP contribution < -0.4 is 0 Å². The van der Waals surface area contributed by atoms with Crippen molar-refractivity contribution in [3.8, 4) is 5.75 Å². The average Bonchev–Trinajstić information content (AvgIpc) is 2.42. The lowest BCUT2D eigenvalue weighted by atomic mass is 9.82. The monoisotopic (exact) mass is 515 g/mol. The molecule has 1 aliphatic rings. The van der Waals surface area contributed by atoms with Gasteiger partial charge in [-0.2, -0.15) is 0 Å². The fourth-order valence-electron chi connectivity index (χ4n) is 2.49. The Balaban J connectivity index is 2.30. The summed E-state index contributed by atoms with van der Waals surface area (Å²) in [6.07, 6.45) is 1.21. The molecule has 1 aromatic rings. The number of halogens is 2. The quantitative estimate of drug-likeness (QED) is 0.595. The number of carbonyl (C=O) groups excluding carboxylic acids is 1. The summed E-state index contributed by atoms with van der Waals surface area (Å²) < 4.78 is 1.47. The van der Waals surface area contributed by atoms with Crippen molar-refractivity contribution in [2.24, 2.45) is 5.41 Å². The predicted octanol–water partition coefficient (Wildman–Crippen LogP) is 2.93. The minimum atomic E-state index is -0.918. The van der Waals surface area contributed by atoms with Gasteiger partial charge in [-0.25, -0.2) is 0 Å². The number of carboxylic acids is 1. The predicted molar refractivity (Wildman–Crippen MR) is 94.4 cm³/mol. The van der Waals surface area contributed by atoms with Gasteiger partial charge in [0.25, 0.3) is 5.91 Å². The molecule has 0 bridgehead atoms. The molecule has 1 amide bonds. The van der Waals surface area contributed by atoms with Crippen molar-refractivity contribution >= 4 is 57.1 Å². The van der Waals surface area contributed by atoms with Gasteiger partial charge < -0.3 is 15.1 Å². The molecule has 0 spiro atoms. The smallest absolute Gasteiger partial charge is 0.311 e. The number of phenolic OH excluding ortho intramolecular Hbond substituents is 1. The number of piperidine rings is 1. The van der Waals surface area contributed by atoms with Crippen LogP contribution in [-0.2, 0) is 4.79 Å². The van der Waals surface area contributed by atoms with E-state index in [2.05, 4.69) is 22.6 Å². The summed E-state index contributed by atoms with van der Waals surface area (Å²) in [5.41, 5.74) is -0.681. The van der Waals surface area contributed by atoms with Gasteiger partial charge in [0.2, 0.25) is 0 Å². The van der Waals surface area contributed by atoms with Gasteiger partial charge in [0.05, 0.1) is 14.5 Å². The first-order valence-electron chi connectivity index (χ1n) is 6.45. The third-order valence-corrected chi connectivity index (χ3v) is 5.20.